The molecule has 0 saturated heterocycles. The van der Waals surface area contributed by atoms with Gasteiger partial charge >= 0.3 is 0 Å². The average Bonchev–Trinajstić information content (AvgIpc) is 2.39. The van der Waals surface area contributed by atoms with E-state index in [1.165, 1.54) is 0 Å². The summed E-state index contributed by atoms with van der Waals surface area (Å²) in [6, 6.07) is 5.02. The molecule has 0 unspecified atom stereocenters. The highest BCUT2D eigenvalue weighted by Gasteiger charge is 2.04. The Kier molecular flexibility index (Phi) is 6.14. The predicted octanol–water partition coefficient (Wildman–Crippen LogP) is 1.29. The van der Waals surface area contributed by atoms with Gasteiger partial charge in [-0.05, 0) is 25.6 Å². The van der Waals surface area contributed by atoms with E-state index in [1.54, 1.807) is 18.2 Å². The first kappa shape index (κ1) is 14.4. The number of rotatable bonds is 8. The van der Waals surface area contributed by atoms with Gasteiger partial charge in [0.15, 0.2) is 0 Å². The van der Waals surface area contributed by atoms with Crippen LogP contribution in [0.3, 0.4) is 0 Å². The Bertz CT molecular complexity index is 378. The molecule has 0 aliphatic rings. The van der Waals surface area contributed by atoms with Crippen molar-refractivity contribution >= 4 is 5.91 Å². The first-order valence-electron chi connectivity index (χ1n) is 6.29. The average molecular weight is 251 g/mol. The van der Waals surface area contributed by atoms with Crippen molar-refractivity contribution < 1.29 is 9.53 Å². The van der Waals surface area contributed by atoms with Gasteiger partial charge in [0.2, 0.25) is 5.88 Å². The third-order valence-corrected chi connectivity index (χ3v) is 2.74. The van der Waals surface area contributed by atoms with Crippen molar-refractivity contribution in [3.05, 3.63) is 23.9 Å². The lowest BCUT2D eigenvalue weighted by Crippen LogP contribution is -2.25. The minimum atomic E-state index is -0.538. The summed E-state index contributed by atoms with van der Waals surface area (Å²) in [6.07, 6.45) is 0.935. The van der Waals surface area contributed by atoms with Gasteiger partial charge in [-0.15, -0.1) is 0 Å². The van der Waals surface area contributed by atoms with Crippen LogP contribution >= 0.6 is 0 Å². The molecule has 0 spiro atoms. The molecule has 1 aromatic rings. The fourth-order valence-corrected chi connectivity index (χ4v) is 1.64. The smallest absolute Gasteiger partial charge is 0.267 e. The minimum Gasteiger partial charge on any atom is -0.478 e. The summed E-state index contributed by atoms with van der Waals surface area (Å²) in [5.41, 5.74) is 5.38. The molecule has 0 saturated carbocycles. The van der Waals surface area contributed by atoms with E-state index in [1.807, 2.05) is 0 Å². The number of nitrogens with two attached hydrogens (primary N) is 1. The van der Waals surface area contributed by atoms with Gasteiger partial charge in [-0.25, -0.2) is 4.98 Å². The van der Waals surface area contributed by atoms with Crippen LogP contribution in [-0.2, 0) is 0 Å². The predicted molar refractivity (Wildman–Crippen MR) is 70.7 cm³/mol. The van der Waals surface area contributed by atoms with Gasteiger partial charge in [-0.1, -0.05) is 19.9 Å². The van der Waals surface area contributed by atoms with E-state index >= 15 is 0 Å². The number of carbonyl (C=O) groups excluding carboxylic acids is 1. The van der Waals surface area contributed by atoms with Crippen LogP contribution in [0.4, 0.5) is 0 Å². The number of hydrogen-bond donors (Lipinski definition) is 1. The Hall–Kier alpha value is -1.62. The first-order valence-corrected chi connectivity index (χ1v) is 6.29. The van der Waals surface area contributed by atoms with Crippen LogP contribution in [0, 0.1) is 0 Å². The molecule has 5 nitrogen and oxygen atoms in total. The summed E-state index contributed by atoms with van der Waals surface area (Å²) < 4.78 is 5.49. The van der Waals surface area contributed by atoms with E-state index in [0.29, 0.717) is 12.5 Å². The molecule has 0 fully saturated rings. The van der Waals surface area contributed by atoms with E-state index in [2.05, 4.69) is 23.7 Å². The van der Waals surface area contributed by atoms with Gasteiger partial charge in [0, 0.05) is 12.6 Å². The second-order valence-corrected chi connectivity index (χ2v) is 3.95. The fraction of sp³-hybridized carbons (Fsp3) is 0.538. The van der Waals surface area contributed by atoms with Gasteiger partial charge in [0.1, 0.15) is 5.69 Å². The summed E-state index contributed by atoms with van der Waals surface area (Å²) in [5.74, 6) is -0.0885. The number of aromatic nitrogens is 1. The zero-order valence-electron chi connectivity index (χ0n) is 11.1. The third kappa shape index (κ3) is 4.71. The Morgan fingerprint density at radius 3 is 2.72 bits per heavy atom. The molecule has 0 aliphatic heterocycles. The highest BCUT2D eigenvalue weighted by atomic mass is 16.5. The van der Waals surface area contributed by atoms with Crippen molar-refractivity contribution in [2.75, 3.05) is 26.2 Å². The molecule has 1 aromatic heterocycles. The van der Waals surface area contributed by atoms with Crippen LogP contribution < -0.4 is 10.5 Å². The second kappa shape index (κ2) is 7.66. The second-order valence-electron chi connectivity index (χ2n) is 3.95. The van der Waals surface area contributed by atoms with Gasteiger partial charge in [0.05, 0.1) is 6.61 Å². The van der Waals surface area contributed by atoms with Crippen molar-refractivity contribution in [1.29, 1.82) is 0 Å². The van der Waals surface area contributed by atoms with Crippen molar-refractivity contribution in [2.45, 2.75) is 20.3 Å². The number of ether oxygens (including phenoxy) is 1. The normalized spacial score (nSPS) is 10.6. The quantitative estimate of drug-likeness (QED) is 0.707. The summed E-state index contributed by atoms with van der Waals surface area (Å²) >= 11 is 0. The fourth-order valence-electron chi connectivity index (χ4n) is 1.64. The largest absolute Gasteiger partial charge is 0.478 e. The van der Waals surface area contributed by atoms with Crippen LogP contribution in [0.2, 0.25) is 0 Å². The van der Waals surface area contributed by atoms with Crippen LogP contribution in [0.1, 0.15) is 30.8 Å². The Morgan fingerprint density at radius 2 is 2.11 bits per heavy atom. The number of nitrogens with zero attached hydrogens (tertiary/aromatic N) is 2. The highest BCUT2D eigenvalue weighted by molar-refractivity contribution is 5.90. The van der Waals surface area contributed by atoms with E-state index in [4.69, 9.17) is 10.5 Å². The number of pyridine rings is 1. The number of carbonyl (C=O) groups is 1. The maximum atomic E-state index is 10.9. The summed E-state index contributed by atoms with van der Waals surface area (Å²) in [5, 5.41) is 0. The zero-order valence-corrected chi connectivity index (χ0v) is 11.1. The van der Waals surface area contributed by atoms with Crippen LogP contribution in [0.15, 0.2) is 18.2 Å². The Morgan fingerprint density at radius 1 is 1.39 bits per heavy atom. The molecular weight excluding hydrogens is 230 g/mol. The highest BCUT2D eigenvalue weighted by Crippen LogP contribution is 2.07. The molecule has 0 bridgehead atoms. The lowest BCUT2D eigenvalue weighted by molar-refractivity contribution is 0.0994. The zero-order chi connectivity index (χ0) is 13.4. The molecule has 2 N–H and O–H groups in total. The summed E-state index contributed by atoms with van der Waals surface area (Å²) in [7, 11) is 0. The maximum absolute atomic E-state index is 10.9. The van der Waals surface area contributed by atoms with Crippen LogP contribution in [0.5, 0.6) is 5.88 Å². The monoisotopic (exact) mass is 251 g/mol. The Labute approximate surface area is 108 Å². The molecule has 5 heteroatoms. The molecule has 18 heavy (non-hydrogen) atoms. The van der Waals surface area contributed by atoms with Gasteiger partial charge in [-0.2, -0.15) is 0 Å². The standard InChI is InChI=1S/C13H21N3O2/c1-3-16(4-2)9-6-10-18-12-8-5-7-11(15-12)13(14)17/h5,7-8H,3-4,6,9-10H2,1-2H3,(H2,14,17). The minimum absolute atomic E-state index is 0.233. The molecule has 1 amide bonds. The van der Waals surface area contributed by atoms with E-state index < -0.39 is 5.91 Å². The molecule has 100 valence electrons. The Balaban J connectivity index is 2.35. The summed E-state index contributed by atoms with van der Waals surface area (Å²) in [6.45, 7) is 7.97. The van der Waals surface area contributed by atoms with Crippen molar-refractivity contribution in [3.63, 3.8) is 0 Å². The van der Waals surface area contributed by atoms with Crippen molar-refractivity contribution in [3.8, 4) is 5.88 Å². The topological polar surface area (TPSA) is 68.5 Å². The molecule has 0 aliphatic carbocycles. The third-order valence-electron chi connectivity index (χ3n) is 2.74. The summed E-state index contributed by atoms with van der Waals surface area (Å²) in [4.78, 5) is 17.3. The number of primary amides is 1. The molecule has 0 atom stereocenters. The van der Waals surface area contributed by atoms with E-state index in [0.717, 1.165) is 26.1 Å². The SMILES string of the molecule is CCN(CC)CCCOc1cccc(C(N)=O)n1. The molecule has 1 heterocycles. The lowest BCUT2D eigenvalue weighted by atomic mass is 10.3. The molecule has 1 rings (SSSR count). The van der Waals surface area contributed by atoms with Gasteiger partial charge in [-0.3, -0.25) is 4.79 Å². The maximum Gasteiger partial charge on any atom is 0.267 e. The van der Waals surface area contributed by atoms with E-state index in [-0.39, 0.29) is 5.69 Å². The molecule has 0 radical (unpaired) electrons. The number of amides is 1. The lowest BCUT2D eigenvalue weighted by Gasteiger charge is -2.17. The van der Waals surface area contributed by atoms with Gasteiger partial charge in [0.25, 0.3) is 5.91 Å². The van der Waals surface area contributed by atoms with Gasteiger partial charge < -0.3 is 15.4 Å². The van der Waals surface area contributed by atoms with Crippen molar-refractivity contribution in [1.82, 2.24) is 9.88 Å². The molecular formula is C13H21N3O2. The first-order chi connectivity index (χ1) is 8.67. The van der Waals surface area contributed by atoms with Crippen LogP contribution in [0.25, 0.3) is 0 Å². The van der Waals surface area contributed by atoms with Crippen molar-refractivity contribution in [2.24, 2.45) is 5.73 Å². The van der Waals surface area contributed by atoms with Crippen LogP contribution in [-0.4, -0.2) is 42.0 Å². The number of hydrogen-bond acceptors (Lipinski definition) is 4. The molecule has 0 aromatic carbocycles. The van der Waals surface area contributed by atoms with E-state index in [9.17, 15) is 4.79 Å².